The van der Waals surface area contributed by atoms with E-state index in [2.05, 4.69) is 37.4 Å². The van der Waals surface area contributed by atoms with Crippen LogP contribution in [0.2, 0.25) is 0 Å². The van der Waals surface area contributed by atoms with Gasteiger partial charge in [-0.2, -0.15) is 0 Å². The molecule has 1 N–H and O–H groups in total. The Morgan fingerprint density at radius 2 is 1.62 bits per heavy atom. The first-order chi connectivity index (χ1) is 15.5. The monoisotopic (exact) mass is 427 g/mol. The molecule has 0 saturated carbocycles. The Hall–Kier alpha value is -3.60. The number of amides is 3. The summed E-state index contributed by atoms with van der Waals surface area (Å²) in [7, 11) is 0. The molecule has 164 valence electrons. The fourth-order valence-electron chi connectivity index (χ4n) is 4.29. The molecule has 1 saturated heterocycles. The number of carbonyl (C=O) groups excluding carboxylic acids is 2. The predicted octanol–water partition coefficient (Wildman–Crippen LogP) is 5.32. The highest BCUT2D eigenvalue weighted by Gasteiger charge is 2.27. The maximum absolute atomic E-state index is 13.2. The van der Waals surface area contributed by atoms with Gasteiger partial charge < -0.3 is 10.2 Å². The minimum absolute atomic E-state index is 0.00294. The maximum Gasteiger partial charge on any atom is 0.324 e. The van der Waals surface area contributed by atoms with E-state index in [-0.39, 0.29) is 11.9 Å². The highest BCUT2D eigenvalue weighted by atomic mass is 16.2. The summed E-state index contributed by atoms with van der Waals surface area (Å²) in [5.74, 6) is -0.0743. The number of anilines is 2. The van der Waals surface area contributed by atoms with Crippen molar-refractivity contribution in [3.05, 3.63) is 95.1 Å². The van der Waals surface area contributed by atoms with Gasteiger partial charge in [0.15, 0.2) is 0 Å². The summed E-state index contributed by atoms with van der Waals surface area (Å²) in [5, 5.41) is 2.96. The van der Waals surface area contributed by atoms with Crippen LogP contribution in [0.15, 0.2) is 72.8 Å². The van der Waals surface area contributed by atoms with Gasteiger partial charge in [0.1, 0.15) is 0 Å². The predicted molar refractivity (Wildman–Crippen MR) is 129 cm³/mol. The van der Waals surface area contributed by atoms with E-state index in [4.69, 9.17) is 0 Å². The molecule has 3 aromatic rings. The van der Waals surface area contributed by atoms with E-state index in [1.54, 1.807) is 4.90 Å². The minimum atomic E-state index is -0.0743. The van der Waals surface area contributed by atoms with Crippen LogP contribution in [0.3, 0.4) is 0 Å². The third kappa shape index (κ3) is 5.35. The third-order valence-corrected chi connectivity index (χ3v) is 5.62. The summed E-state index contributed by atoms with van der Waals surface area (Å²) in [6.07, 6.45) is 1.22. The average molecular weight is 428 g/mol. The summed E-state index contributed by atoms with van der Waals surface area (Å²) >= 11 is 0. The van der Waals surface area contributed by atoms with Crippen LogP contribution in [0.5, 0.6) is 0 Å². The summed E-state index contributed by atoms with van der Waals surface area (Å²) in [6.45, 7) is 6.18. The zero-order valence-electron chi connectivity index (χ0n) is 18.7. The van der Waals surface area contributed by atoms with E-state index in [9.17, 15) is 9.59 Å². The molecule has 1 aliphatic rings. The number of benzene rings is 3. The number of hydrogen-bond acceptors (Lipinski definition) is 2. The van der Waals surface area contributed by atoms with E-state index >= 15 is 0 Å². The average Bonchev–Trinajstić information content (AvgIpc) is 2.75. The Morgan fingerprint density at radius 3 is 2.38 bits per heavy atom. The van der Waals surface area contributed by atoms with Gasteiger partial charge in [-0.3, -0.25) is 9.69 Å². The van der Waals surface area contributed by atoms with Crippen molar-refractivity contribution in [2.75, 3.05) is 23.3 Å². The quantitative estimate of drug-likeness (QED) is 0.579. The number of nitrogens with one attached hydrogen (secondary N) is 1. The van der Waals surface area contributed by atoms with Gasteiger partial charge >= 0.3 is 6.03 Å². The van der Waals surface area contributed by atoms with Gasteiger partial charge in [0.2, 0.25) is 5.91 Å². The van der Waals surface area contributed by atoms with Crippen molar-refractivity contribution in [3.8, 4) is 0 Å². The number of aryl methyl sites for hydroxylation is 2. The second kappa shape index (κ2) is 9.69. The topological polar surface area (TPSA) is 52.6 Å². The largest absolute Gasteiger partial charge is 0.326 e. The summed E-state index contributed by atoms with van der Waals surface area (Å²) in [5.41, 5.74) is 6.04. The number of rotatable bonds is 6. The van der Waals surface area contributed by atoms with Gasteiger partial charge in [-0.1, -0.05) is 65.7 Å². The molecule has 0 radical (unpaired) electrons. The lowest BCUT2D eigenvalue weighted by Crippen LogP contribution is -2.49. The Kier molecular flexibility index (Phi) is 6.55. The van der Waals surface area contributed by atoms with Crippen molar-refractivity contribution in [1.29, 1.82) is 0 Å². The molecule has 1 fully saturated rings. The molecule has 0 aromatic heterocycles. The van der Waals surface area contributed by atoms with E-state index in [0.29, 0.717) is 25.2 Å². The van der Waals surface area contributed by atoms with Crippen molar-refractivity contribution in [3.63, 3.8) is 0 Å². The molecule has 3 aromatic carbocycles. The van der Waals surface area contributed by atoms with Crippen LogP contribution >= 0.6 is 0 Å². The van der Waals surface area contributed by atoms with Crippen LogP contribution in [0, 0.1) is 13.8 Å². The number of hydrogen-bond donors (Lipinski definition) is 1. The van der Waals surface area contributed by atoms with Crippen molar-refractivity contribution in [1.82, 2.24) is 4.90 Å². The Labute approximate surface area is 189 Å². The first-order valence-electron chi connectivity index (χ1n) is 11.1. The van der Waals surface area contributed by atoms with Gasteiger partial charge in [0.05, 0.1) is 6.42 Å². The SMILES string of the molecule is Cc1cc(C)cc(CN2CCCN(c3cccc(NC(=O)Cc4ccccc4)c3)C2=O)c1. The smallest absolute Gasteiger partial charge is 0.324 e. The normalized spacial score (nSPS) is 13.9. The summed E-state index contributed by atoms with van der Waals surface area (Å²) < 4.78 is 0. The fourth-order valence-corrected chi connectivity index (χ4v) is 4.29. The maximum atomic E-state index is 13.2. The third-order valence-electron chi connectivity index (χ3n) is 5.62. The van der Waals surface area contributed by atoms with Crippen molar-refractivity contribution in [2.45, 2.75) is 33.2 Å². The van der Waals surface area contributed by atoms with Crippen LogP contribution in [0.25, 0.3) is 0 Å². The van der Waals surface area contributed by atoms with Crippen LogP contribution in [-0.2, 0) is 17.8 Å². The second-order valence-corrected chi connectivity index (χ2v) is 8.47. The molecule has 1 heterocycles. The second-order valence-electron chi connectivity index (χ2n) is 8.47. The van der Waals surface area contributed by atoms with E-state index in [1.807, 2.05) is 59.5 Å². The minimum Gasteiger partial charge on any atom is -0.326 e. The number of nitrogens with zero attached hydrogens (tertiary/aromatic N) is 2. The van der Waals surface area contributed by atoms with E-state index in [0.717, 1.165) is 29.8 Å². The van der Waals surface area contributed by atoms with Crippen LogP contribution in [-0.4, -0.2) is 29.9 Å². The number of urea groups is 1. The molecule has 5 heteroatoms. The van der Waals surface area contributed by atoms with Crippen LogP contribution in [0.4, 0.5) is 16.2 Å². The van der Waals surface area contributed by atoms with Gasteiger partial charge in [0.25, 0.3) is 0 Å². The fraction of sp³-hybridized carbons (Fsp3) is 0.259. The molecule has 0 aliphatic carbocycles. The number of carbonyl (C=O) groups is 2. The molecular weight excluding hydrogens is 398 g/mol. The van der Waals surface area contributed by atoms with Gasteiger partial charge in [-0.15, -0.1) is 0 Å². The first-order valence-corrected chi connectivity index (χ1v) is 11.1. The summed E-state index contributed by atoms with van der Waals surface area (Å²) in [6, 6.07) is 23.6. The Balaban J connectivity index is 1.44. The molecule has 1 aliphatic heterocycles. The molecular formula is C27H29N3O2. The van der Waals surface area contributed by atoms with Gasteiger partial charge in [-0.05, 0) is 49.6 Å². The van der Waals surface area contributed by atoms with E-state index < -0.39 is 0 Å². The standard InChI is InChI=1S/C27H29N3O2/c1-20-14-21(2)16-23(15-20)19-29-12-7-13-30(27(29)32)25-11-6-10-24(18-25)28-26(31)17-22-8-4-3-5-9-22/h3-6,8-11,14-16,18H,7,12-13,17,19H2,1-2H3,(H,28,31). The first kappa shape index (κ1) is 21.6. The molecule has 32 heavy (non-hydrogen) atoms. The lowest BCUT2D eigenvalue weighted by molar-refractivity contribution is -0.115. The van der Waals surface area contributed by atoms with Crippen molar-refractivity contribution in [2.24, 2.45) is 0 Å². The molecule has 0 bridgehead atoms. The van der Waals surface area contributed by atoms with E-state index in [1.165, 1.54) is 11.1 Å². The molecule has 5 nitrogen and oxygen atoms in total. The lowest BCUT2D eigenvalue weighted by atomic mass is 10.1. The van der Waals surface area contributed by atoms with Crippen LogP contribution in [0.1, 0.15) is 28.7 Å². The molecule has 0 unspecified atom stereocenters. The Morgan fingerprint density at radius 1 is 0.875 bits per heavy atom. The zero-order valence-corrected chi connectivity index (χ0v) is 18.7. The van der Waals surface area contributed by atoms with Crippen LogP contribution < -0.4 is 10.2 Å². The Bertz CT molecular complexity index is 1090. The molecule has 0 atom stereocenters. The lowest BCUT2D eigenvalue weighted by Gasteiger charge is -2.36. The van der Waals surface area contributed by atoms with Gasteiger partial charge in [0, 0.05) is 31.0 Å². The van der Waals surface area contributed by atoms with Crippen molar-refractivity contribution < 1.29 is 9.59 Å². The molecule has 3 amide bonds. The van der Waals surface area contributed by atoms with Crippen molar-refractivity contribution >= 4 is 23.3 Å². The van der Waals surface area contributed by atoms with Gasteiger partial charge in [-0.25, -0.2) is 4.79 Å². The molecule has 4 rings (SSSR count). The highest BCUT2D eigenvalue weighted by molar-refractivity contribution is 5.95. The zero-order chi connectivity index (χ0) is 22.5. The molecule has 0 spiro atoms. The highest BCUT2D eigenvalue weighted by Crippen LogP contribution is 2.25. The summed E-state index contributed by atoms with van der Waals surface area (Å²) in [4.78, 5) is 29.4.